The Morgan fingerprint density at radius 3 is 2.60 bits per heavy atom. The predicted octanol–water partition coefficient (Wildman–Crippen LogP) is 1.09. The molecule has 0 aromatic heterocycles. The molecule has 0 spiro atoms. The van der Waals surface area contributed by atoms with Gasteiger partial charge in [-0.15, -0.1) is 0 Å². The highest BCUT2D eigenvalue weighted by Gasteiger charge is 2.12. The SMILES string of the molecule is COc1cccc(COc2cccc(B(O)O)c2)c1F. The highest BCUT2D eigenvalue weighted by molar-refractivity contribution is 6.58. The summed E-state index contributed by atoms with van der Waals surface area (Å²) in [4.78, 5) is 0. The molecule has 2 N–H and O–H groups in total. The van der Waals surface area contributed by atoms with Crippen LogP contribution in [0.4, 0.5) is 4.39 Å². The van der Waals surface area contributed by atoms with Gasteiger partial charge in [-0.2, -0.15) is 0 Å². The number of methoxy groups -OCH3 is 1. The highest BCUT2D eigenvalue weighted by Crippen LogP contribution is 2.21. The van der Waals surface area contributed by atoms with E-state index in [0.717, 1.165) is 0 Å². The van der Waals surface area contributed by atoms with E-state index in [9.17, 15) is 4.39 Å². The minimum atomic E-state index is -1.56. The van der Waals surface area contributed by atoms with Gasteiger partial charge in [0.25, 0.3) is 0 Å². The molecule has 0 radical (unpaired) electrons. The van der Waals surface area contributed by atoms with E-state index >= 15 is 0 Å². The van der Waals surface area contributed by atoms with Crippen LogP contribution >= 0.6 is 0 Å². The van der Waals surface area contributed by atoms with Crippen molar-refractivity contribution in [3.63, 3.8) is 0 Å². The minimum absolute atomic E-state index is 0.0218. The van der Waals surface area contributed by atoms with Crippen molar-refractivity contribution in [3.8, 4) is 11.5 Å². The van der Waals surface area contributed by atoms with Crippen LogP contribution in [0.25, 0.3) is 0 Å². The van der Waals surface area contributed by atoms with Crippen LogP contribution in [0.3, 0.4) is 0 Å². The molecule has 0 fully saturated rings. The third-order valence-corrected chi connectivity index (χ3v) is 2.81. The lowest BCUT2D eigenvalue weighted by Gasteiger charge is -2.10. The van der Waals surface area contributed by atoms with E-state index in [1.807, 2.05) is 0 Å². The van der Waals surface area contributed by atoms with Gasteiger partial charge in [-0.1, -0.05) is 24.3 Å². The standard InChI is InChI=1S/C14H14BFO4/c1-19-13-7-2-4-10(14(13)16)9-20-12-6-3-5-11(8-12)15(17)18/h2-8,17-18H,9H2,1H3. The number of hydrogen-bond acceptors (Lipinski definition) is 4. The van der Waals surface area contributed by atoms with E-state index < -0.39 is 12.9 Å². The first kappa shape index (κ1) is 14.4. The van der Waals surface area contributed by atoms with Gasteiger partial charge in [0.2, 0.25) is 0 Å². The fraction of sp³-hybridized carbons (Fsp3) is 0.143. The second-order valence-electron chi connectivity index (χ2n) is 4.17. The van der Waals surface area contributed by atoms with Crippen LogP contribution in [0.15, 0.2) is 42.5 Å². The molecule has 0 saturated heterocycles. The van der Waals surface area contributed by atoms with Crippen molar-refractivity contribution in [2.24, 2.45) is 0 Å². The van der Waals surface area contributed by atoms with Crippen LogP contribution in [0, 0.1) is 5.82 Å². The molecule has 0 saturated carbocycles. The largest absolute Gasteiger partial charge is 0.494 e. The van der Waals surface area contributed by atoms with Crippen molar-refractivity contribution in [3.05, 3.63) is 53.8 Å². The van der Waals surface area contributed by atoms with E-state index in [1.165, 1.54) is 19.2 Å². The lowest BCUT2D eigenvalue weighted by Crippen LogP contribution is -2.29. The average Bonchev–Trinajstić information content (AvgIpc) is 2.46. The molecular formula is C14H14BFO4. The fourth-order valence-electron chi connectivity index (χ4n) is 1.75. The summed E-state index contributed by atoms with van der Waals surface area (Å²) in [6.45, 7) is 0.0218. The molecule has 4 nitrogen and oxygen atoms in total. The van der Waals surface area contributed by atoms with Crippen molar-refractivity contribution in [1.29, 1.82) is 0 Å². The van der Waals surface area contributed by atoms with Gasteiger partial charge in [0.1, 0.15) is 12.4 Å². The summed E-state index contributed by atoms with van der Waals surface area (Å²) < 4.78 is 24.2. The molecule has 2 aromatic rings. The second-order valence-corrected chi connectivity index (χ2v) is 4.17. The zero-order valence-electron chi connectivity index (χ0n) is 10.9. The first-order chi connectivity index (χ1) is 9.61. The maximum absolute atomic E-state index is 13.9. The molecule has 6 heteroatoms. The van der Waals surface area contributed by atoms with Crippen LogP contribution in [0.5, 0.6) is 11.5 Å². The summed E-state index contributed by atoms with van der Waals surface area (Å²) >= 11 is 0. The fourth-order valence-corrected chi connectivity index (χ4v) is 1.75. The first-order valence-electron chi connectivity index (χ1n) is 6.02. The van der Waals surface area contributed by atoms with Crippen molar-refractivity contribution >= 4 is 12.6 Å². The number of rotatable bonds is 5. The predicted molar refractivity (Wildman–Crippen MR) is 73.6 cm³/mol. The van der Waals surface area contributed by atoms with Crippen molar-refractivity contribution in [1.82, 2.24) is 0 Å². The molecule has 104 valence electrons. The Hall–Kier alpha value is -2.05. The Balaban J connectivity index is 2.11. The van der Waals surface area contributed by atoms with Crippen LogP contribution in [0.1, 0.15) is 5.56 Å². The number of ether oxygens (including phenoxy) is 2. The third-order valence-electron chi connectivity index (χ3n) is 2.81. The lowest BCUT2D eigenvalue weighted by atomic mass is 9.80. The molecule has 2 rings (SSSR count). The zero-order valence-corrected chi connectivity index (χ0v) is 10.9. The van der Waals surface area contributed by atoms with Crippen LogP contribution in [-0.2, 0) is 6.61 Å². The molecule has 0 atom stereocenters. The quantitative estimate of drug-likeness (QED) is 0.803. The first-order valence-corrected chi connectivity index (χ1v) is 6.02. The van der Waals surface area contributed by atoms with Gasteiger partial charge in [0, 0.05) is 5.56 Å². The normalized spacial score (nSPS) is 10.2. The maximum Gasteiger partial charge on any atom is 0.488 e. The van der Waals surface area contributed by atoms with Gasteiger partial charge in [-0.25, -0.2) is 4.39 Å². The van der Waals surface area contributed by atoms with Gasteiger partial charge in [0.15, 0.2) is 11.6 Å². The zero-order chi connectivity index (χ0) is 14.5. The number of benzene rings is 2. The Kier molecular flexibility index (Phi) is 4.60. The molecule has 0 aliphatic heterocycles. The third kappa shape index (κ3) is 3.29. The smallest absolute Gasteiger partial charge is 0.488 e. The molecule has 0 heterocycles. The molecule has 0 bridgehead atoms. The Morgan fingerprint density at radius 2 is 1.90 bits per heavy atom. The van der Waals surface area contributed by atoms with E-state index in [-0.39, 0.29) is 12.4 Å². The molecule has 0 aliphatic rings. The highest BCUT2D eigenvalue weighted by atomic mass is 19.1. The van der Waals surface area contributed by atoms with Crippen LogP contribution in [0.2, 0.25) is 0 Å². The minimum Gasteiger partial charge on any atom is -0.494 e. The van der Waals surface area contributed by atoms with E-state index in [4.69, 9.17) is 19.5 Å². The summed E-state index contributed by atoms with van der Waals surface area (Å²) in [5, 5.41) is 18.1. The van der Waals surface area contributed by atoms with E-state index in [0.29, 0.717) is 16.8 Å². The van der Waals surface area contributed by atoms with E-state index in [2.05, 4.69) is 0 Å². The van der Waals surface area contributed by atoms with Crippen molar-refractivity contribution in [2.75, 3.05) is 7.11 Å². The molecule has 0 unspecified atom stereocenters. The van der Waals surface area contributed by atoms with Gasteiger partial charge in [-0.3, -0.25) is 0 Å². The summed E-state index contributed by atoms with van der Waals surface area (Å²) in [5.74, 6) is 0.122. The molecule has 20 heavy (non-hydrogen) atoms. The molecule has 0 aliphatic carbocycles. The molecule has 0 amide bonds. The summed E-state index contributed by atoms with van der Waals surface area (Å²) in [7, 11) is -0.165. The lowest BCUT2D eigenvalue weighted by molar-refractivity contribution is 0.295. The summed E-state index contributed by atoms with van der Waals surface area (Å²) in [6.07, 6.45) is 0. The summed E-state index contributed by atoms with van der Waals surface area (Å²) in [5.41, 5.74) is 0.674. The molecular weight excluding hydrogens is 262 g/mol. The van der Waals surface area contributed by atoms with Gasteiger partial charge in [-0.05, 0) is 23.7 Å². The maximum atomic E-state index is 13.9. The topological polar surface area (TPSA) is 58.9 Å². The number of hydrogen-bond donors (Lipinski definition) is 2. The van der Waals surface area contributed by atoms with E-state index in [1.54, 1.807) is 30.3 Å². The number of halogens is 1. The van der Waals surface area contributed by atoms with Gasteiger partial charge in [0.05, 0.1) is 7.11 Å². The monoisotopic (exact) mass is 276 g/mol. The van der Waals surface area contributed by atoms with Gasteiger partial charge < -0.3 is 19.5 Å². The summed E-state index contributed by atoms with van der Waals surface area (Å²) in [6, 6.07) is 11.1. The molecule has 2 aromatic carbocycles. The average molecular weight is 276 g/mol. The van der Waals surface area contributed by atoms with Gasteiger partial charge >= 0.3 is 7.12 Å². The van der Waals surface area contributed by atoms with Crippen molar-refractivity contribution in [2.45, 2.75) is 6.61 Å². The van der Waals surface area contributed by atoms with Crippen molar-refractivity contribution < 1.29 is 23.9 Å². The second kappa shape index (κ2) is 6.41. The Morgan fingerprint density at radius 1 is 1.15 bits per heavy atom. The van der Waals surface area contributed by atoms with Crippen LogP contribution in [-0.4, -0.2) is 24.3 Å². The van der Waals surface area contributed by atoms with Crippen LogP contribution < -0.4 is 14.9 Å². The Labute approximate surface area is 116 Å². The Bertz CT molecular complexity index is 589.